The Bertz CT molecular complexity index is 1160. The van der Waals surface area contributed by atoms with Crippen LogP contribution in [0.4, 0.5) is 0 Å². The van der Waals surface area contributed by atoms with Crippen LogP contribution in [0.5, 0.6) is 0 Å². The molecular weight excluding hydrogens is 362 g/mol. The molecule has 4 heteroatoms. The number of benzene rings is 4. The lowest BCUT2D eigenvalue weighted by molar-refractivity contribution is -0.139. The minimum Gasteiger partial charge on any atom is -0.480 e. The third kappa shape index (κ3) is 3.83. The molecule has 0 unspecified atom stereocenters. The first-order valence-corrected chi connectivity index (χ1v) is 9.52. The van der Waals surface area contributed by atoms with Gasteiger partial charge in [0.2, 0.25) is 0 Å². The molecule has 0 saturated carbocycles. The molecule has 0 aliphatic carbocycles. The summed E-state index contributed by atoms with van der Waals surface area (Å²) >= 11 is 0. The van der Waals surface area contributed by atoms with Crippen molar-refractivity contribution in [2.75, 3.05) is 0 Å². The standard InChI is InChI=1S/C25H21NO3/c1-16-10-12-17(13-11-16)14-22(25(28)29)26-24(27)23-20-8-4-2-6-18(20)15-19-7-3-5-9-21(19)23/h2-13,15,22H,14H2,1H3,(H,26,27)(H,28,29)/t22-/m0/s1. The molecule has 0 radical (unpaired) electrons. The number of hydrogen-bond donors (Lipinski definition) is 2. The molecule has 4 nitrogen and oxygen atoms in total. The smallest absolute Gasteiger partial charge is 0.326 e. The van der Waals surface area contributed by atoms with Crippen molar-refractivity contribution in [3.8, 4) is 0 Å². The molecule has 0 aliphatic rings. The summed E-state index contributed by atoms with van der Waals surface area (Å²) in [4.78, 5) is 25.1. The highest BCUT2D eigenvalue weighted by Crippen LogP contribution is 2.28. The van der Waals surface area contributed by atoms with Gasteiger partial charge < -0.3 is 10.4 Å². The molecule has 0 aromatic heterocycles. The van der Waals surface area contributed by atoms with Crippen molar-refractivity contribution in [1.29, 1.82) is 0 Å². The minimum absolute atomic E-state index is 0.226. The number of fused-ring (bicyclic) bond motifs is 2. The topological polar surface area (TPSA) is 66.4 Å². The van der Waals surface area contributed by atoms with Gasteiger partial charge in [-0.2, -0.15) is 0 Å². The highest BCUT2D eigenvalue weighted by Gasteiger charge is 2.23. The summed E-state index contributed by atoms with van der Waals surface area (Å²) in [6, 6.07) is 24.0. The Balaban J connectivity index is 1.73. The first-order valence-electron chi connectivity index (χ1n) is 9.52. The normalized spacial score (nSPS) is 12.0. The molecule has 4 aromatic rings. The van der Waals surface area contributed by atoms with E-state index in [0.29, 0.717) is 5.56 Å². The number of carboxylic acid groups (broad SMARTS) is 1. The van der Waals surface area contributed by atoms with Crippen LogP contribution < -0.4 is 5.32 Å². The van der Waals surface area contributed by atoms with Crippen molar-refractivity contribution in [1.82, 2.24) is 5.32 Å². The molecule has 1 atom stereocenters. The predicted octanol–water partition coefficient (Wildman–Crippen LogP) is 4.73. The minimum atomic E-state index is -1.05. The lowest BCUT2D eigenvalue weighted by Crippen LogP contribution is -2.42. The summed E-state index contributed by atoms with van der Waals surface area (Å²) in [5, 5.41) is 15.9. The SMILES string of the molecule is Cc1ccc(C[C@H](NC(=O)c2c3ccccc3cc3ccccc23)C(=O)O)cc1. The number of carbonyl (C=O) groups is 2. The van der Waals surface area contributed by atoms with Crippen LogP contribution in [0.25, 0.3) is 21.5 Å². The van der Waals surface area contributed by atoms with Gasteiger partial charge >= 0.3 is 5.97 Å². The summed E-state index contributed by atoms with van der Waals surface area (Å²) < 4.78 is 0. The third-order valence-electron chi connectivity index (χ3n) is 5.16. The molecule has 0 bridgehead atoms. The molecule has 4 aromatic carbocycles. The Morgan fingerprint density at radius 3 is 1.97 bits per heavy atom. The van der Waals surface area contributed by atoms with Crippen molar-refractivity contribution >= 4 is 33.4 Å². The van der Waals surface area contributed by atoms with Gasteiger partial charge in [-0.15, -0.1) is 0 Å². The first kappa shape index (κ1) is 18.7. The molecule has 0 saturated heterocycles. The fourth-order valence-electron chi connectivity index (χ4n) is 3.65. The second-order valence-corrected chi connectivity index (χ2v) is 7.25. The van der Waals surface area contributed by atoms with E-state index in [2.05, 4.69) is 5.32 Å². The van der Waals surface area contributed by atoms with Crippen LogP contribution in [0.2, 0.25) is 0 Å². The number of carbonyl (C=O) groups excluding carboxylic acids is 1. The number of nitrogens with one attached hydrogen (secondary N) is 1. The maximum absolute atomic E-state index is 13.3. The summed E-state index contributed by atoms with van der Waals surface area (Å²) in [6.07, 6.45) is 0.226. The van der Waals surface area contributed by atoms with Crippen LogP contribution >= 0.6 is 0 Å². The Kier molecular flexibility index (Phi) is 5.00. The first-order chi connectivity index (χ1) is 14.0. The Hall–Kier alpha value is -3.66. The van der Waals surface area contributed by atoms with Crippen LogP contribution in [0.3, 0.4) is 0 Å². The van der Waals surface area contributed by atoms with Gasteiger partial charge in [-0.3, -0.25) is 4.79 Å². The van der Waals surface area contributed by atoms with Crippen molar-refractivity contribution < 1.29 is 14.7 Å². The van der Waals surface area contributed by atoms with Gasteiger partial charge in [-0.25, -0.2) is 4.79 Å². The monoisotopic (exact) mass is 383 g/mol. The lowest BCUT2D eigenvalue weighted by atomic mass is 9.95. The number of hydrogen-bond acceptors (Lipinski definition) is 2. The maximum Gasteiger partial charge on any atom is 0.326 e. The highest BCUT2D eigenvalue weighted by atomic mass is 16.4. The molecule has 0 spiro atoms. The molecule has 0 aliphatic heterocycles. The van der Waals surface area contributed by atoms with Crippen LogP contribution in [-0.2, 0) is 11.2 Å². The summed E-state index contributed by atoms with van der Waals surface area (Å²) in [5.41, 5.74) is 2.48. The summed E-state index contributed by atoms with van der Waals surface area (Å²) in [5.74, 6) is -1.43. The Labute approximate surface area is 168 Å². The van der Waals surface area contributed by atoms with Crippen molar-refractivity contribution in [2.45, 2.75) is 19.4 Å². The van der Waals surface area contributed by atoms with Gasteiger partial charge in [0.05, 0.1) is 5.56 Å². The molecular formula is C25H21NO3. The van der Waals surface area contributed by atoms with E-state index in [1.165, 1.54) is 0 Å². The van der Waals surface area contributed by atoms with E-state index >= 15 is 0 Å². The molecule has 1 amide bonds. The average molecular weight is 383 g/mol. The summed E-state index contributed by atoms with van der Waals surface area (Å²) in [6.45, 7) is 1.98. The lowest BCUT2D eigenvalue weighted by Gasteiger charge is -2.17. The second kappa shape index (κ2) is 7.76. The zero-order chi connectivity index (χ0) is 20.4. The third-order valence-corrected chi connectivity index (χ3v) is 5.16. The fourth-order valence-corrected chi connectivity index (χ4v) is 3.65. The number of rotatable bonds is 5. The number of carboxylic acids is 1. The van der Waals surface area contributed by atoms with Gasteiger partial charge in [-0.05, 0) is 40.1 Å². The van der Waals surface area contributed by atoms with Crippen molar-refractivity contribution in [3.05, 3.63) is 95.6 Å². The van der Waals surface area contributed by atoms with Crippen molar-refractivity contribution in [2.24, 2.45) is 0 Å². The Morgan fingerprint density at radius 1 is 0.862 bits per heavy atom. The second-order valence-electron chi connectivity index (χ2n) is 7.25. The van der Waals surface area contributed by atoms with Gasteiger partial charge in [-0.1, -0.05) is 78.4 Å². The highest BCUT2D eigenvalue weighted by molar-refractivity contribution is 6.18. The van der Waals surface area contributed by atoms with E-state index in [4.69, 9.17) is 0 Å². The van der Waals surface area contributed by atoms with E-state index in [1.54, 1.807) is 0 Å². The van der Waals surface area contributed by atoms with Gasteiger partial charge in [0.15, 0.2) is 0 Å². The maximum atomic E-state index is 13.3. The van der Waals surface area contributed by atoms with E-state index in [-0.39, 0.29) is 12.3 Å². The molecule has 29 heavy (non-hydrogen) atoms. The number of amides is 1. The summed E-state index contributed by atoms with van der Waals surface area (Å²) in [7, 11) is 0. The van der Waals surface area contributed by atoms with Crippen LogP contribution in [0, 0.1) is 6.92 Å². The van der Waals surface area contributed by atoms with Crippen LogP contribution in [0.15, 0.2) is 78.9 Å². The quantitative estimate of drug-likeness (QED) is 0.490. The fraction of sp³-hybridized carbons (Fsp3) is 0.120. The Morgan fingerprint density at radius 2 is 1.41 bits per heavy atom. The zero-order valence-corrected chi connectivity index (χ0v) is 16.1. The van der Waals surface area contributed by atoms with E-state index < -0.39 is 12.0 Å². The van der Waals surface area contributed by atoms with Gasteiger partial charge in [0, 0.05) is 6.42 Å². The molecule has 4 rings (SSSR count). The van der Waals surface area contributed by atoms with Crippen molar-refractivity contribution in [3.63, 3.8) is 0 Å². The van der Waals surface area contributed by atoms with Gasteiger partial charge in [0.25, 0.3) is 5.91 Å². The average Bonchev–Trinajstić information content (AvgIpc) is 2.72. The number of aryl methyl sites for hydroxylation is 1. The molecule has 144 valence electrons. The number of aliphatic carboxylic acids is 1. The van der Waals surface area contributed by atoms with E-state index in [0.717, 1.165) is 32.7 Å². The zero-order valence-electron chi connectivity index (χ0n) is 16.1. The largest absolute Gasteiger partial charge is 0.480 e. The van der Waals surface area contributed by atoms with Crippen LogP contribution in [-0.4, -0.2) is 23.0 Å². The van der Waals surface area contributed by atoms with E-state index in [1.807, 2.05) is 85.8 Å². The molecule has 2 N–H and O–H groups in total. The van der Waals surface area contributed by atoms with Crippen LogP contribution in [0.1, 0.15) is 21.5 Å². The molecule has 0 heterocycles. The predicted molar refractivity (Wildman–Crippen MR) is 115 cm³/mol. The van der Waals surface area contributed by atoms with E-state index in [9.17, 15) is 14.7 Å². The van der Waals surface area contributed by atoms with Gasteiger partial charge in [0.1, 0.15) is 6.04 Å². The molecule has 0 fully saturated rings.